The fraction of sp³-hybridized carbons (Fsp3) is 0.227. The summed E-state index contributed by atoms with van der Waals surface area (Å²) in [6.07, 6.45) is 0.903. The van der Waals surface area contributed by atoms with Gasteiger partial charge in [0.15, 0.2) is 0 Å². The lowest BCUT2D eigenvalue weighted by Gasteiger charge is -2.22. The molecule has 0 radical (unpaired) electrons. The molecule has 2 heterocycles. The van der Waals surface area contributed by atoms with Crippen molar-refractivity contribution in [2.24, 2.45) is 5.10 Å². The Kier molecular flexibility index (Phi) is 5.43. The average Bonchev–Trinajstić information content (AvgIpc) is 3.17. The molecule has 4 rings (SSSR count). The SMILES string of the molecule is CCC(=O)N1N=C(c2ccc(Cl)cc2)C[C@@H]1c1cc2ccc(OC)cc2nc1Cl. The average molecular weight is 428 g/mol. The zero-order chi connectivity index (χ0) is 20.5. The van der Waals surface area contributed by atoms with E-state index in [2.05, 4.69) is 10.1 Å². The number of halogens is 2. The molecule has 7 heteroatoms. The van der Waals surface area contributed by atoms with Crippen LogP contribution in [0.25, 0.3) is 10.9 Å². The highest BCUT2D eigenvalue weighted by molar-refractivity contribution is 6.31. The van der Waals surface area contributed by atoms with Gasteiger partial charge in [0.1, 0.15) is 10.9 Å². The van der Waals surface area contributed by atoms with Crippen LogP contribution in [0.1, 0.15) is 36.9 Å². The molecule has 2 aromatic carbocycles. The summed E-state index contributed by atoms with van der Waals surface area (Å²) in [4.78, 5) is 17.1. The minimum Gasteiger partial charge on any atom is -0.497 e. The summed E-state index contributed by atoms with van der Waals surface area (Å²) >= 11 is 12.6. The second-order valence-electron chi connectivity index (χ2n) is 6.79. The number of ether oxygens (including phenoxy) is 1. The largest absolute Gasteiger partial charge is 0.497 e. The van der Waals surface area contributed by atoms with E-state index in [0.29, 0.717) is 28.8 Å². The zero-order valence-electron chi connectivity index (χ0n) is 16.0. The molecule has 3 aromatic rings. The number of hydrogen-bond acceptors (Lipinski definition) is 4. The zero-order valence-corrected chi connectivity index (χ0v) is 17.5. The molecular weight excluding hydrogens is 409 g/mol. The molecule has 0 saturated carbocycles. The van der Waals surface area contributed by atoms with Crippen molar-refractivity contribution in [1.29, 1.82) is 0 Å². The van der Waals surface area contributed by atoms with E-state index < -0.39 is 0 Å². The lowest BCUT2D eigenvalue weighted by molar-refractivity contribution is -0.132. The number of benzene rings is 2. The maximum atomic E-state index is 12.6. The van der Waals surface area contributed by atoms with Gasteiger partial charge in [0.25, 0.3) is 0 Å². The molecule has 0 bridgehead atoms. The molecule has 0 N–H and O–H groups in total. The lowest BCUT2D eigenvalue weighted by atomic mass is 9.98. The monoisotopic (exact) mass is 427 g/mol. The molecule has 1 aliphatic heterocycles. The molecule has 1 amide bonds. The summed E-state index contributed by atoms with van der Waals surface area (Å²) in [5, 5.41) is 8.08. The molecule has 0 saturated heterocycles. The molecule has 0 fully saturated rings. The second-order valence-corrected chi connectivity index (χ2v) is 7.59. The van der Waals surface area contributed by atoms with Crippen molar-refractivity contribution >= 4 is 45.7 Å². The van der Waals surface area contributed by atoms with Gasteiger partial charge in [0.05, 0.1) is 24.4 Å². The Balaban J connectivity index is 1.75. The summed E-state index contributed by atoms with van der Waals surface area (Å²) in [7, 11) is 1.61. The fourth-order valence-corrected chi connectivity index (χ4v) is 3.86. The van der Waals surface area contributed by atoms with Crippen LogP contribution < -0.4 is 4.74 Å². The summed E-state index contributed by atoms with van der Waals surface area (Å²) in [5.74, 6) is 0.649. The number of fused-ring (bicyclic) bond motifs is 1. The van der Waals surface area contributed by atoms with E-state index in [1.165, 1.54) is 5.01 Å². The van der Waals surface area contributed by atoms with E-state index in [1.54, 1.807) is 7.11 Å². The van der Waals surface area contributed by atoms with Crippen molar-refractivity contribution in [3.63, 3.8) is 0 Å². The van der Waals surface area contributed by atoms with Crippen LogP contribution in [0.2, 0.25) is 10.2 Å². The minimum absolute atomic E-state index is 0.0649. The Morgan fingerprint density at radius 3 is 2.62 bits per heavy atom. The Hall–Kier alpha value is -2.63. The van der Waals surface area contributed by atoms with Crippen LogP contribution in [0.3, 0.4) is 0 Å². The quantitative estimate of drug-likeness (QED) is 0.506. The van der Waals surface area contributed by atoms with Crippen LogP contribution >= 0.6 is 23.2 Å². The number of rotatable bonds is 4. The fourth-order valence-electron chi connectivity index (χ4n) is 3.46. The number of carbonyl (C=O) groups is 1. The van der Waals surface area contributed by atoms with Crippen LogP contribution in [0.5, 0.6) is 5.75 Å². The first kappa shape index (κ1) is 19.7. The molecule has 1 aliphatic rings. The minimum atomic E-state index is -0.306. The predicted molar refractivity (Wildman–Crippen MR) is 116 cm³/mol. The highest BCUT2D eigenvalue weighted by atomic mass is 35.5. The van der Waals surface area contributed by atoms with Gasteiger partial charge in [-0.3, -0.25) is 4.79 Å². The van der Waals surface area contributed by atoms with Gasteiger partial charge < -0.3 is 4.74 Å². The Labute approximate surface area is 178 Å². The van der Waals surface area contributed by atoms with Crippen LogP contribution in [-0.4, -0.2) is 28.7 Å². The van der Waals surface area contributed by atoms with E-state index in [-0.39, 0.29) is 11.9 Å². The van der Waals surface area contributed by atoms with Gasteiger partial charge in [-0.25, -0.2) is 9.99 Å². The molecule has 29 heavy (non-hydrogen) atoms. The first-order valence-corrected chi connectivity index (χ1v) is 10.1. The summed E-state index contributed by atoms with van der Waals surface area (Å²) < 4.78 is 5.26. The van der Waals surface area contributed by atoms with Gasteiger partial charge >= 0.3 is 0 Å². The van der Waals surface area contributed by atoms with E-state index in [0.717, 1.165) is 27.7 Å². The number of carbonyl (C=O) groups excluding carboxylic acids is 1. The van der Waals surface area contributed by atoms with Gasteiger partial charge in [0.2, 0.25) is 5.91 Å². The van der Waals surface area contributed by atoms with Crippen molar-refractivity contribution in [3.05, 3.63) is 69.8 Å². The van der Waals surface area contributed by atoms with Crippen LogP contribution in [-0.2, 0) is 4.79 Å². The number of hydrogen-bond donors (Lipinski definition) is 0. The topological polar surface area (TPSA) is 54.8 Å². The second kappa shape index (κ2) is 8.01. The number of hydrazone groups is 1. The highest BCUT2D eigenvalue weighted by Gasteiger charge is 2.34. The molecule has 1 aromatic heterocycles. The van der Waals surface area contributed by atoms with Gasteiger partial charge in [-0.2, -0.15) is 5.10 Å². The Morgan fingerprint density at radius 2 is 1.93 bits per heavy atom. The molecule has 5 nitrogen and oxygen atoms in total. The third-order valence-corrected chi connectivity index (χ3v) is 5.56. The predicted octanol–water partition coefficient (Wildman–Crippen LogP) is 5.64. The van der Waals surface area contributed by atoms with E-state index in [9.17, 15) is 4.79 Å². The molecular formula is C22H19Cl2N3O2. The number of methoxy groups -OCH3 is 1. The van der Waals surface area contributed by atoms with Crippen molar-refractivity contribution in [2.45, 2.75) is 25.8 Å². The number of aromatic nitrogens is 1. The summed E-state index contributed by atoms with van der Waals surface area (Å²) in [5.41, 5.74) is 3.27. The maximum absolute atomic E-state index is 12.6. The molecule has 1 atom stereocenters. The van der Waals surface area contributed by atoms with Gasteiger partial charge in [-0.05, 0) is 35.9 Å². The van der Waals surface area contributed by atoms with Crippen LogP contribution in [0.15, 0.2) is 53.6 Å². The van der Waals surface area contributed by atoms with E-state index >= 15 is 0 Å². The third kappa shape index (κ3) is 3.80. The highest BCUT2D eigenvalue weighted by Crippen LogP contribution is 2.38. The first-order valence-electron chi connectivity index (χ1n) is 9.29. The Bertz CT molecular complexity index is 1110. The lowest BCUT2D eigenvalue weighted by Crippen LogP contribution is -2.26. The van der Waals surface area contributed by atoms with E-state index in [4.69, 9.17) is 27.9 Å². The van der Waals surface area contributed by atoms with Crippen molar-refractivity contribution in [2.75, 3.05) is 7.11 Å². The normalized spacial score (nSPS) is 16.2. The van der Waals surface area contributed by atoms with Crippen molar-refractivity contribution in [3.8, 4) is 5.75 Å². The summed E-state index contributed by atoms with van der Waals surface area (Å²) in [6.45, 7) is 1.82. The third-order valence-electron chi connectivity index (χ3n) is 5.01. The van der Waals surface area contributed by atoms with Crippen LogP contribution in [0.4, 0.5) is 0 Å². The van der Waals surface area contributed by atoms with E-state index in [1.807, 2.05) is 55.5 Å². The summed E-state index contributed by atoms with van der Waals surface area (Å²) in [6, 6.07) is 14.8. The Morgan fingerprint density at radius 1 is 1.17 bits per heavy atom. The number of nitrogens with zero attached hydrogens (tertiary/aromatic N) is 3. The van der Waals surface area contributed by atoms with Crippen LogP contribution in [0, 0.1) is 0 Å². The standard InChI is InChI=1S/C22H19Cl2N3O2/c1-3-21(28)27-20(12-19(26-27)13-4-7-15(23)8-5-13)17-10-14-6-9-16(29-2)11-18(14)25-22(17)24/h4-11,20H,3,12H2,1-2H3/t20-/m1/s1. The van der Waals surface area contributed by atoms with Gasteiger partial charge in [-0.15, -0.1) is 0 Å². The van der Waals surface area contributed by atoms with Gasteiger partial charge in [0, 0.05) is 34.9 Å². The smallest absolute Gasteiger partial charge is 0.242 e. The van der Waals surface area contributed by atoms with Crippen molar-refractivity contribution < 1.29 is 9.53 Å². The maximum Gasteiger partial charge on any atom is 0.242 e. The van der Waals surface area contributed by atoms with Crippen molar-refractivity contribution in [1.82, 2.24) is 9.99 Å². The first-order chi connectivity index (χ1) is 14.0. The number of amides is 1. The molecule has 0 spiro atoms. The molecule has 148 valence electrons. The van der Waals surface area contributed by atoms with Gasteiger partial charge in [-0.1, -0.05) is 42.3 Å². The number of pyridine rings is 1. The molecule has 0 aliphatic carbocycles. The molecule has 0 unspecified atom stereocenters.